The maximum Gasteiger partial charge on any atom is 0.125 e. The lowest BCUT2D eigenvalue weighted by Crippen LogP contribution is -2.00. The Labute approximate surface area is 102 Å². The van der Waals surface area contributed by atoms with E-state index in [2.05, 4.69) is 11.8 Å². The fraction of sp³-hybridized carbons (Fsp3) is 0.385. The van der Waals surface area contributed by atoms with Gasteiger partial charge in [0, 0.05) is 29.1 Å². The molecule has 0 heterocycles. The van der Waals surface area contributed by atoms with E-state index in [1.165, 1.54) is 0 Å². The maximum atomic E-state index is 5.90. The summed E-state index contributed by atoms with van der Waals surface area (Å²) < 4.78 is 5.58. The Balaban J connectivity index is 2.60. The number of nitrogens with two attached hydrogens (primary N) is 1. The van der Waals surface area contributed by atoms with Crippen LogP contribution in [0.2, 0.25) is 5.02 Å². The Morgan fingerprint density at radius 2 is 2.12 bits per heavy atom. The summed E-state index contributed by atoms with van der Waals surface area (Å²) in [6.07, 6.45) is 1.60. The predicted octanol–water partition coefficient (Wildman–Crippen LogP) is 3.41. The summed E-state index contributed by atoms with van der Waals surface area (Å²) in [5.74, 6) is 6.75. The van der Waals surface area contributed by atoms with E-state index in [0.29, 0.717) is 17.3 Å². The van der Waals surface area contributed by atoms with Crippen LogP contribution in [0.4, 0.5) is 5.69 Å². The van der Waals surface area contributed by atoms with Gasteiger partial charge in [0.1, 0.15) is 5.75 Å². The number of rotatable bonds is 3. The van der Waals surface area contributed by atoms with Gasteiger partial charge in [0.2, 0.25) is 0 Å². The third kappa shape index (κ3) is 3.67. The van der Waals surface area contributed by atoms with Crippen molar-refractivity contribution in [3.63, 3.8) is 0 Å². The first-order valence-electron chi connectivity index (χ1n) is 5.29. The van der Waals surface area contributed by atoms with Crippen LogP contribution >= 0.6 is 11.6 Å². The van der Waals surface area contributed by atoms with Gasteiger partial charge in [-0.1, -0.05) is 24.4 Å². The Bertz CT molecular complexity index is 418. The number of ether oxygens (including phenoxy) is 1. The normalized spacial score (nSPS) is 9.44. The highest BCUT2D eigenvalue weighted by Crippen LogP contribution is 2.28. The molecule has 2 nitrogen and oxygen atoms in total. The molecule has 0 fully saturated rings. The van der Waals surface area contributed by atoms with E-state index in [4.69, 9.17) is 22.1 Å². The quantitative estimate of drug-likeness (QED) is 0.497. The van der Waals surface area contributed by atoms with Gasteiger partial charge in [-0.2, -0.15) is 0 Å². The number of benzene rings is 1. The van der Waals surface area contributed by atoms with Crippen LogP contribution < -0.4 is 10.5 Å². The lowest BCUT2D eigenvalue weighted by Gasteiger charge is -2.10. The standard InChI is InChI=1S/C13H16ClNO/c1-3-4-5-6-7-16-13-9-11(14)8-12(15)10(13)2/h8-9H,3,6-7,15H2,1-2H3. The van der Waals surface area contributed by atoms with Crippen molar-refractivity contribution < 1.29 is 4.74 Å². The second-order valence-electron chi connectivity index (χ2n) is 3.42. The first-order valence-corrected chi connectivity index (χ1v) is 5.67. The molecule has 0 saturated carbocycles. The fourth-order valence-electron chi connectivity index (χ4n) is 1.25. The highest BCUT2D eigenvalue weighted by Gasteiger charge is 2.04. The summed E-state index contributed by atoms with van der Waals surface area (Å²) in [6, 6.07) is 3.50. The first kappa shape index (κ1) is 12.7. The smallest absolute Gasteiger partial charge is 0.125 e. The number of halogens is 1. The van der Waals surface area contributed by atoms with Crippen molar-refractivity contribution in [1.29, 1.82) is 0 Å². The van der Waals surface area contributed by atoms with Gasteiger partial charge in [-0.15, -0.1) is 5.92 Å². The van der Waals surface area contributed by atoms with Gasteiger partial charge in [-0.25, -0.2) is 0 Å². The zero-order chi connectivity index (χ0) is 12.0. The molecule has 0 radical (unpaired) electrons. The van der Waals surface area contributed by atoms with Crippen LogP contribution in [0.15, 0.2) is 12.1 Å². The summed E-state index contributed by atoms with van der Waals surface area (Å²) in [4.78, 5) is 0. The summed E-state index contributed by atoms with van der Waals surface area (Å²) in [5.41, 5.74) is 7.36. The molecule has 0 amide bonds. The number of nitrogen functional groups attached to an aromatic ring is 1. The second-order valence-corrected chi connectivity index (χ2v) is 3.86. The molecule has 0 unspecified atom stereocenters. The molecular formula is C13H16ClNO. The van der Waals surface area contributed by atoms with Crippen LogP contribution in [0, 0.1) is 18.8 Å². The molecule has 2 N–H and O–H groups in total. The SMILES string of the molecule is CCC#CCCOc1cc(Cl)cc(N)c1C. The van der Waals surface area contributed by atoms with Crippen molar-refractivity contribution in [2.75, 3.05) is 12.3 Å². The van der Waals surface area contributed by atoms with Gasteiger partial charge in [0.05, 0.1) is 6.61 Å². The van der Waals surface area contributed by atoms with E-state index >= 15 is 0 Å². The van der Waals surface area contributed by atoms with Crippen LogP contribution in [0.25, 0.3) is 0 Å². The number of anilines is 1. The third-order valence-corrected chi connectivity index (χ3v) is 2.37. The predicted molar refractivity (Wildman–Crippen MR) is 68.8 cm³/mol. The molecule has 1 aromatic carbocycles. The number of hydrogen-bond acceptors (Lipinski definition) is 2. The maximum absolute atomic E-state index is 5.90. The third-order valence-electron chi connectivity index (χ3n) is 2.15. The van der Waals surface area contributed by atoms with Crippen molar-refractivity contribution in [2.24, 2.45) is 0 Å². The molecule has 16 heavy (non-hydrogen) atoms. The summed E-state index contributed by atoms with van der Waals surface area (Å²) >= 11 is 5.90. The Morgan fingerprint density at radius 1 is 1.38 bits per heavy atom. The molecule has 0 aromatic heterocycles. The van der Waals surface area contributed by atoms with E-state index in [1.807, 2.05) is 13.8 Å². The monoisotopic (exact) mass is 237 g/mol. The van der Waals surface area contributed by atoms with Crippen molar-refractivity contribution >= 4 is 17.3 Å². The highest BCUT2D eigenvalue weighted by atomic mass is 35.5. The molecule has 1 aromatic rings. The zero-order valence-corrected chi connectivity index (χ0v) is 10.4. The summed E-state index contributed by atoms with van der Waals surface area (Å²) in [6.45, 7) is 4.50. The van der Waals surface area contributed by atoms with Gasteiger partial charge < -0.3 is 10.5 Å². The van der Waals surface area contributed by atoms with E-state index in [-0.39, 0.29) is 0 Å². The first-order chi connectivity index (χ1) is 7.65. The molecular weight excluding hydrogens is 222 g/mol. The molecule has 0 atom stereocenters. The minimum absolute atomic E-state index is 0.563. The second kappa shape index (κ2) is 6.30. The average molecular weight is 238 g/mol. The van der Waals surface area contributed by atoms with Gasteiger partial charge in [-0.05, 0) is 19.1 Å². The highest BCUT2D eigenvalue weighted by molar-refractivity contribution is 6.31. The molecule has 0 spiro atoms. The molecule has 0 aliphatic carbocycles. The molecule has 0 saturated heterocycles. The molecule has 3 heteroatoms. The van der Waals surface area contributed by atoms with E-state index < -0.39 is 0 Å². The molecule has 0 bridgehead atoms. The largest absolute Gasteiger partial charge is 0.492 e. The van der Waals surface area contributed by atoms with Crippen LogP contribution in [-0.2, 0) is 0 Å². The van der Waals surface area contributed by atoms with Gasteiger partial charge in [0.15, 0.2) is 0 Å². The molecule has 0 aliphatic heterocycles. The van der Waals surface area contributed by atoms with Crippen molar-refractivity contribution in [1.82, 2.24) is 0 Å². The molecule has 86 valence electrons. The van der Waals surface area contributed by atoms with E-state index in [0.717, 1.165) is 24.2 Å². The minimum atomic E-state index is 0.563. The van der Waals surface area contributed by atoms with E-state index in [1.54, 1.807) is 12.1 Å². The van der Waals surface area contributed by atoms with Gasteiger partial charge in [-0.3, -0.25) is 0 Å². The van der Waals surface area contributed by atoms with Crippen LogP contribution in [-0.4, -0.2) is 6.61 Å². The van der Waals surface area contributed by atoms with Crippen molar-refractivity contribution in [3.8, 4) is 17.6 Å². The Morgan fingerprint density at radius 3 is 2.81 bits per heavy atom. The number of hydrogen-bond donors (Lipinski definition) is 1. The van der Waals surface area contributed by atoms with Crippen molar-refractivity contribution in [2.45, 2.75) is 26.7 Å². The minimum Gasteiger partial charge on any atom is -0.492 e. The summed E-state index contributed by atoms with van der Waals surface area (Å²) in [5, 5.41) is 0.595. The average Bonchev–Trinajstić information content (AvgIpc) is 2.24. The van der Waals surface area contributed by atoms with Gasteiger partial charge in [0.25, 0.3) is 0 Å². The zero-order valence-electron chi connectivity index (χ0n) is 9.64. The van der Waals surface area contributed by atoms with Crippen LogP contribution in [0.3, 0.4) is 0 Å². The van der Waals surface area contributed by atoms with E-state index in [9.17, 15) is 0 Å². The molecule has 0 aliphatic rings. The van der Waals surface area contributed by atoms with Gasteiger partial charge >= 0.3 is 0 Å². The topological polar surface area (TPSA) is 35.2 Å². The van der Waals surface area contributed by atoms with Crippen LogP contribution in [0.1, 0.15) is 25.3 Å². The fourth-order valence-corrected chi connectivity index (χ4v) is 1.47. The molecule has 1 rings (SSSR count). The lowest BCUT2D eigenvalue weighted by atomic mass is 10.2. The Hall–Kier alpha value is -1.33. The van der Waals surface area contributed by atoms with Crippen LogP contribution in [0.5, 0.6) is 5.75 Å². The lowest BCUT2D eigenvalue weighted by molar-refractivity contribution is 0.325. The van der Waals surface area contributed by atoms with Crippen molar-refractivity contribution in [3.05, 3.63) is 22.7 Å². The Kier molecular flexibility index (Phi) is 5.01. The summed E-state index contributed by atoms with van der Waals surface area (Å²) in [7, 11) is 0.